The Morgan fingerprint density at radius 1 is 1.21 bits per heavy atom. The quantitative estimate of drug-likeness (QED) is 0.842. The van der Waals surface area contributed by atoms with Crippen LogP contribution in [0.25, 0.3) is 0 Å². The van der Waals surface area contributed by atoms with Gasteiger partial charge in [-0.25, -0.2) is 4.79 Å². The van der Waals surface area contributed by atoms with E-state index >= 15 is 0 Å². The number of aliphatic hydroxyl groups is 1. The molecule has 1 aliphatic heterocycles. The van der Waals surface area contributed by atoms with Crippen LogP contribution in [-0.4, -0.2) is 41.0 Å². The highest BCUT2D eigenvalue weighted by atomic mass is 32.2. The topological polar surface area (TPSA) is 52.6 Å². The number of urea groups is 1. The lowest BCUT2D eigenvalue weighted by atomic mass is 9.98. The van der Waals surface area contributed by atoms with Crippen LogP contribution in [-0.2, 0) is 5.75 Å². The van der Waals surface area contributed by atoms with Crippen molar-refractivity contribution in [2.24, 2.45) is 5.92 Å². The number of aliphatic hydroxyl groups excluding tert-OH is 1. The summed E-state index contributed by atoms with van der Waals surface area (Å²) < 4.78 is 0. The van der Waals surface area contributed by atoms with Gasteiger partial charge in [0, 0.05) is 36.4 Å². The van der Waals surface area contributed by atoms with E-state index in [1.54, 1.807) is 0 Å². The third kappa shape index (κ3) is 4.90. The Kier molecular flexibility index (Phi) is 6.44. The molecule has 0 radical (unpaired) electrons. The Balaban J connectivity index is 1.49. The molecule has 1 aliphatic carbocycles. The summed E-state index contributed by atoms with van der Waals surface area (Å²) in [7, 11) is 0. The summed E-state index contributed by atoms with van der Waals surface area (Å²) in [5, 5.41) is 13.0. The summed E-state index contributed by atoms with van der Waals surface area (Å²) in [4.78, 5) is 14.2. The monoisotopic (exact) mass is 348 g/mol. The smallest absolute Gasteiger partial charge is 0.321 e. The van der Waals surface area contributed by atoms with Gasteiger partial charge in [0.15, 0.2) is 0 Å². The third-order valence-corrected chi connectivity index (χ3v) is 6.57. The molecule has 1 aromatic rings. The lowest BCUT2D eigenvalue weighted by Crippen LogP contribution is -2.41. The fourth-order valence-corrected chi connectivity index (χ4v) is 4.80. The maximum absolute atomic E-state index is 12.4. The standard InChI is InChI=1S/C19H28N2O2S/c22-13-15-8-10-21(11-9-15)19(23)20-17-5-3-4-16(12-17)14-24-18-6-1-2-7-18/h3-5,12,15,18,22H,1-2,6-11,13-14H2,(H,20,23). The van der Waals surface area contributed by atoms with Crippen molar-refractivity contribution < 1.29 is 9.90 Å². The number of carbonyl (C=O) groups excluding carboxylic acids is 1. The van der Waals surface area contributed by atoms with E-state index in [0.717, 1.165) is 42.6 Å². The number of hydrogen-bond acceptors (Lipinski definition) is 3. The highest BCUT2D eigenvalue weighted by molar-refractivity contribution is 7.99. The summed E-state index contributed by atoms with van der Waals surface area (Å²) in [6, 6.07) is 8.21. The normalized spacial score (nSPS) is 19.6. The second-order valence-electron chi connectivity index (χ2n) is 6.96. The Morgan fingerprint density at radius 2 is 1.96 bits per heavy atom. The molecular formula is C19H28N2O2S. The highest BCUT2D eigenvalue weighted by Gasteiger charge is 2.22. The molecule has 0 spiro atoms. The Labute approximate surface area is 149 Å². The zero-order valence-electron chi connectivity index (χ0n) is 14.2. The van der Waals surface area contributed by atoms with Crippen molar-refractivity contribution in [3.8, 4) is 0 Å². The van der Waals surface area contributed by atoms with Gasteiger partial charge < -0.3 is 15.3 Å². The predicted molar refractivity (Wildman–Crippen MR) is 100 cm³/mol. The maximum atomic E-state index is 12.4. The van der Waals surface area contributed by atoms with Gasteiger partial charge in [-0.15, -0.1) is 0 Å². The van der Waals surface area contributed by atoms with Gasteiger partial charge in [-0.3, -0.25) is 0 Å². The molecule has 0 unspecified atom stereocenters. The molecular weight excluding hydrogens is 320 g/mol. The second kappa shape index (κ2) is 8.77. The molecule has 1 saturated carbocycles. The first kappa shape index (κ1) is 17.6. The summed E-state index contributed by atoms with van der Waals surface area (Å²) in [5.74, 6) is 1.38. The zero-order chi connectivity index (χ0) is 16.8. The van der Waals surface area contributed by atoms with E-state index in [0.29, 0.717) is 5.92 Å². The summed E-state index contributed by atoms with van der Waals surface area (Å²) in [6.45, 7) is 1.69. The number of likely N-dealkylation sites (tertiary alicyclic amines) is 1. The lowest BCUT2D eigenvalue weighted by Gasteiger charge is -2.31. The van der Waals surface area contributed by atoms with Crippen LogP contribution < -0.4 is 5.32 Å². The zero-order valence-corrected chi connectivity index (χ0v) is 15.1. The van der Waals surface area contributed by atoms with Crippen molar-refractivity contribution in [3.63, 3.8) is 0 Å². The van der Waals surface area contributed by atoms with Crippen LogP contribution in [0.2, 0.25) is 0 Å². The first-order chi connectivity index (χ1) is 11.7. The summed E-state index contributed by atoms with van der Waals surface area (Å²) in [5.41, 5.74) is 2.16. The van der Waals surface area contributed by atoms with E-state index in [-0.39, 0.29) is 12.6 Å². The second-order valence-corrected chi connectivity index (χ2v) is 8.25. The minimum Gasteiger partial charge on any atom is -0.396 e. The molecule has 24 heavy (non-hydrogen) atoms. The molecule has 2 fully saturated rings. The van der Waals surface area contributed by atoms with Crippen molar-refractivity contribution in [2.45, 2.75) is 49.5 Å². The van der Waals surface area contributed by atoms with Gasteiger partial charge in [-0.05, 0) is 49.3 Å². The van der Waals surface area contributed by atoms with Crippen molar-refractivity contribution in [1.82, 2.24) is 4.90 Å². The largest absolute Gasteiger partial charge is 0.396 e. The Hall–Kier alpha value is -1.20. The van der Waals surface area contributed by atoms with Crippen LogP contribution in [0, 0.1) is 5.92 Å². The molecule has 1 saturated heterocycles. The minimum atomic E-state index is -0.0213. The molecule has 2 N–H and O–H groups in total. The van der Waals surface area contributed by atoms with E-state index in [4.69, 9.17) is 0 Å². The number of rotatable bonds is 5. The first-order valence-electron chi connectivity index (χ1n) is 9.12. The molecule has 0 aromatic heterocycles. The number of carbonyl (C=O) groups is 1. The SMILES string of the molecule is O=C(Nc1cccc(CSC2CCCC2)c1)N1CCC(CO)CC1. The average Bonchev–Trinajstić information content (AvgIpc) is 3.14. The van der Waals surface area contributed by atoms with Crippen LogP contribution in [0.1, 0.15) is 44.1 Å². The molecule has 1 heterocycles. The van der Waals surface area contributed by atoms with Gasteiger partial charge in [0.2, 0.25) is 0 Å². The molecule has 0 atom stereocenters. The number of benzene rings is 1. The number of amides is 2. The van der Waals surface area contributed by atoms with Gasteiger partial charge in [0.1, 0.15) is 0 Å². The Bertz CT molecular complexity index is 538. The van der Waals surface area contributed by atoms with Gasteiger partial charge in [0.25, 0.3) is 0 Å². The van der Waals surface area contributed by atoms with Crippen LogP contribution in [0.4, 0.5) is 10.5 Å². The van der Waals surface area contributed by atoms with E-state index in [1.165, 1.54) is 31.2 Å². The molecule has 1 aromatic carbocycles. The van der Waals surface area contributed by atoms with Gasteiger partial charge in [0.05, 0.1) is 0 Å². The molecule has 4 nitrogen and oxygen atoms in total. The third-order valence-electron chi connectivity index (χ3n) is 5.13. The van der Waals surface area contributed by atoms with Gasteiger partial charge >= 0.3 is 6.03 Å². The van der Waals surface area contributed by atoms with Crippen LogP contribution >= 0.6 is 11.8 Å². The number of anilines is 1. The van der Waals surface area contributed by atoms with E-state index < -0.39 is 0 Å². The summed E-state index contributed by atoms with van der Waals surface area (Å²) in [6.07, 6.45) is 7.24. The predicted octanol–water partition coefficient (Wildman–Crippen LogP) is 4.10. The number of piperidine rings is 1. The van der Waals surface area contributed by atoms with Gasteiger partial charge in [-0.2, -0.15) is 11.8 Å². The van der Waals surface area contributed by atoms with E-state index in [1.807, 2.05) is 28.8 Å². The number of hydrogen-bond donors (Lipinski definition) is 2. The highest BCUT2D eigenvalue weighted by Crippen LogP contribution is 2.32. The molecule has 0 bridgehead atoms. The fourth-order valence-electron chi connectivity index (χ4n) is 3.53. The number of nitrogens with zero attached hydrogens (tertiary/aromatic N) is 1. The lowest BCUT2D eigenvalue weighted by molar-refractivity contribution is 0.143. The molecule has 2 amide bonds. The molecule has 2 aliphatic rings. The van der Waals surface area contributed by atoms with Crippen LogP contribution in [0.3, 0.4) is 0 Å². The van der Waals surface area contributed by atoms with Crippen molar-refractivity contribution in [1.29, 1.82) is 0 Å². The van der Waals surface area contributed by atoms with Crippen molar-refractivity contribution in [2.75, 3.05) is 25.0 Å². The molecule has 132 valence electrons. The number of nitrogens with one attached hydrogen (secondary N) is 1. The van der Waals surface area contributed by atoms with Crippen molar-refractivity contribution in [3.05, 3.63) is 29.8 Å². The van der Waals surface area contributed by atoms with E-state index in [2.05, 4.69) is 17.4 Å². The van der Waals surface area contributed by atoms with Crippen LogP contribution in [0.15, 0.2) is 24.3 Å². The molecule has 3 rings (SSSR count). The van der Waals surface area contributed by atoms with Gasteiger partial charge in [-0.1, -0.05) is 25.0 Å². The van der Waals surface area contributed by atoms with E-state index in [9.17, 15) is 9.90 Å². The summed E-state index contributed by atoms with van der Waals surface area (Å²) >= 11 is 2.05. The van der Waals surface area contributed by atoms with Crippen LogP contribution in [0.5, 0.6) is 0 Å². The minimum absolute atomic E-state index is 0.0213. The first-order valence-corrected chi connectivity index (χ1v) is 10.2. The van der Waals surface area contributed by atoms with Crippen molar-refractivity contribution >= 4 is 23.5 Å². The maximum Gasteiger partial charge on any atom is 0.321 e. The number of thioether (sulfide) groups is 1. The molecule has 5 heteroatoms. The Morgan fingerprint density at radius 3 is 2.67 bits per heavy atom. The average molecular weight is 349 g/mol. The fraction of sp³-hybridized carbons (Fsp3) is 0.632.